The Hall–Kier alpha value is -0.680. The van der Waals surface area contributed by atoms with E-state index in [9.17, 15) is 0 Å². The first-order chi connectivity index (χ1) is 7.88. The van der Waals surface area contributed by atoms with E-state index in [1.165, 1.54) is 38.5 Å². The summed E-state index contributed by atoms with van der Waals surface area (Å²) in [5.74, 6) is 0. The molecule has 0 unspecified atom stereocenters. The van der Waals surface area contributed by atoms with Crippen LogP contribution in [-0.4, -0.2) is 23.3 Å². The average Bonchev–Trinajstić information content (AvgIpc) is 2.56. The van der Waals surface area contributed by atoms with Gasteiger partial charge in [0.15, 0.2) is 0 Å². The summed E-state index contributed by atoms with van der Waals surface area (Å²) in [6.45, 7) is 0.770. The third-order valence-corrected chi connectivity index (χ3v) is 3.66. The average molecular weight is 241 g/mol. The topological polar surface area (TPSA) is 47.0 Å². The zero-order valence-corrected chi connectivity index (χ0v) is 10.6. The van der Waals surface area contributed by atoms with Crippen molar-refractivity contribution < 1.29 is 4.74 Å². The van der Waals surface area contributed by atoms with Crippen molar-refractivity contribution >= 4 is 11.3 Å². The molecular formula is C11H19N3OS. The van der Waals surface area contributed by atoms with Crippen molar-refractivity contribution in [2.24, 2.45) is 0 Å². The van der Waals surface area contributed by atoms with Crippen LogP contribution >= 0.6 is 11.3 Å². The molecule has 5 heteroatoms. The van der Waals surface area contributed by atoms with Crippen molar-refractivity contribution in [3.63, 3.8) is 0 Å². The van der Waals surface area contributed by atoms with Gasteiger partial charge in [0.25, 0.3) is 5.19 Å². The fourth-order valence-electron chi connectivity index (χ4n) is 2.01. The van der Waals surface area contributed by atoms with Crippen LogP contribution in [0.5, 0.6) is 5.19 Å². The summed E-state index contributed by atoms with van der Waals surface area (Å²) in [5, 5.41) is 12.9. The zero-order chi connectivity index (χ0) is 11.2. The Bertz CT molecular complexity index is 308. The second-order valence-corrected chi connectivity index (χ2v) is 5.25. The Balaban J connectivity index is 1.86. The van der Waals surface area contributed by atoms with Crippen LogP contribution in [0.25, 0.3) is 0 Å². The van der Waals surface area contributed by atoms with E-state index in [-0.39, 0.29) is 0 Å². The smallest absolute Gasteiger partial charge is 0.294 e. The fraction of sp³-hybridized carbons (Fsp3) is 0.818. The first kappa shape index (κ1) is 11.8. The summed E-state index contributed by atoms with van der Waals surface area (Å²) < 4.78 is 5.88. The summed E-state index contributed by atoms with van der Waals surface area (Å²) in [6, 6.07) is 0. The van der Waals surface area contributed by atoms with Crippen molar-refractivity contribution in [3.05, 3.63) is 5.01 Å². The van der Waals surface area contributed by atoms with Gasteiger partial charge in [-0.2, -0.15) is 0 Å². The number of ether oxygens (including phenoxy) is 1. The maximum Gasteiger partial charge on any atom is 0.294 e. The second-order valence-electron chi connectivity index (χ2n) is 4.22. The van der Waals surface area contributed by atoms with Gasteiger partial charge in [-0.15, -0.1) is 5.10 Å². The van der Waals surface area contributed by atoms with E-state index in [4.69, 9.17) is 4.74 Å². The Morgan fingerprint density at radius 1 is 1.25 bits per heavy atom. The fourth-order valence-corrected chi connectivity index (χ4v) is 2.78. The number of rotatable bonds is 4. The van der Waals surface area contributed by atoms with Gasteiger partial charge in [0.2, 0.25) is 0 Å². The molecular weight excluding hydrogens is 222 g/mol. The Morgan fingerprint density at radius 2 is 2.00 bits per heavy atom. The Labute approximate surface area is 100 Å². The number of hydrogen-bond acceptors (Lipinski definition) is 5. The minimum atomic E-state index is 0.359. The van der Waals surface area contributed by atoms with Crippen LogP contribution in [0.4, 0.5) is 0 Å². The molecule has 0 radical (unpaired) electrons. The molecule has 1 aromatic rings. The summed E-state index contributed by atoms with van der Waals surface area (Å²) in [5.41, 5.74) is 0. The molecule has 16 heavy (non-hydrogen) atoms. The molecule has 1 N–H and O–H groups in total. The van der Waals surface area contributed by atoms with E-state index in [1.54, 1.807) is 11.3 Å². The SMILES string of the molecule is CNCc1nnc(OC2CCCCCC2)s1. The first-order valence-electron chi connectivity index (χ1n) is 6.02. The van der Waals surface area contributed by atoms with Crippen molar-refractivity contribution in [2.75, 3.05) is 7.05 Å². The van der Waals surface area contributed by atoms with Crippen molar-refractivity contribution in [1.82, 2.24) is 15.5 Å². The van der Waals surface area contributed by atoms with Crippen LogP contribution in [0.2, 0.25) is 0 Å². The second kappa shape index (κ2) is 6.15. The number of hydrogen-bond donors (Lipinski definition) is 1. The molecule has 1 heterocycles. The third-order valence-electron chi connectivity index (χ3n) is 2.85. The molecule has 0 amide bonds. The van der Waals surface area contributed by atoms with Gasteiger partial charge in [0, 0.05) is 6.54 Å². The van der Waals surface area contributed by atoms with Gasteiger partial charge in [0.1, 0.15) is 11.1 Å². The van der Waals surface area contributed by atoms with Gasteiger partial charge in [-0.05, 0) is 32.7 Å². The molecule has 4 nitrogen and oxygen atoms in total. The van der Waals surface area contributed by atoms with Crippen molar-refractivity contribution in [1.29, 1.82) is 0 Å². The van der Waals surface area contributed by atoms with E-state index in [0.717, 1.165) is 16.7 Å². The number of nitrogens with zero attached hydrogens (tertiary/aromatic N) is 2. The number of aromatic nitrogens is 2. The van der Waals surface area contributed by atoms with Crippen LogP contribution < -0.4 is 10.1 Å². The minimum Gasteiger partial charge on any atom is -0.466 e. The highest BCUT2D eigenvalue weighted by Gasteiger charge is 2.15. The Kier molecular flexibility index (Phi) is 4.54. The minimum absolute atomic E-state index is 0.359. The van der Waals surface area contributed by atoms with Crippen molar-refractivity contribution in [3.8, 4) is 5.19 Å². The normalized spacial score (nSPS) is 18.3. The number of nitrogens with one attached hydrogen (secondary N) is 1. The highest BCUT2D eigenvalue weighted by atomic mass is 32.1. The van der Waals surface area contributed by atoms with Crippen molar-refractivity contribution in [2.45, 2.75) is 51.2 Å². The lowest BCUT2D eigenvalue weighted by Crippen LogP contribution is -2.14. The van der Waals surface area contributed by atoms with Gasteiger partial charge in [-0.1, -0.05) is 29.3 Å². The molecule has 1 aliphatic carbocycles. The molecule has 1 saturated carbocycles. The maximum absolute atomic E-state index is 5.88. The lowest BCUT2D eigenvalue weighted by molar-refractivity contribution is 0.181. The molecule has 0 saturated heterocycles. The summed E-state index contributed by atoms with van der Waals surface area (Å²) in [6.07, 6.45) is 7.96. The van der Waals surface area contributed by atoms with E-state index >= 15 is 0 Å². The monoisotopic (exact) mass is 241 g/mol. The molecule has 0 aliphatic heterocycles. The predicted octanol–water partition coefficient (Wildman–Crippen LogP) is 2.36. The highest BCUT2D eigenvalue weighted by Crippen LogP contribution is 2.25. The molecule has 0 bridgehead atoms. The van der Waals surface area contributed by atoms with Gasteiger partial charge >= 0.3 is 0 Å². The van der Waals surface area contributed by atoms with E-state index < -0.39 is 0 Å². The standard InChI is InChI=1S/C11H19N3OS/c1-12-8-10-13-14-11(16-10)15-9-6-4-2-3-5-7-9/h9,12H,2-8H2,1H3. The predicted molar refractivity (Wildman–Crippen MR) is 64.8 cm³/mol. The van der Waals surface area contributed by atoms with Crippen LogP contribution in [-0.2, 0) is 6.54 Å². The molecule has 1 aromatic heterocycles. The highest BCUT2D eigenvalue weighted by molar-refractivity contribution is 7.13. The van der Waals surface area contributed by atoms with E-state index in [1.807, 2.05) is 7.05 Å². The van der Waals surface area contributed by atoms with Crippen LogP contribution in [0.3, 0.4) is 0 Å². The molecule has 2 rings (SSSR count). The zero-order valence-electron chi connectivity index (χ0n) is 9.74. The molecule has 0 atom stereocenters. The maximum atomic E-state index is 5.88. The molecule has 0 spiro atoms. The van der Waals surface area contributed by atoms with Gasteiger partial charge < -0.3 is 10.1 Å². The largest absolute Gasteiger partial charge is 0.466 e. The van der Waals surface area contributed by atoms with Gasteiger partial charge in [-0.3, -0.25) is 0 Å². The molecule has 1 aliphatic rings. The Morgan fingerprint density at radius 3 is 2.69 bits per heavy atom. The molecule has 1 fully saturated rings. The molecule has 0 aromatic carbocycles. The van der Waals surface area contributed by atoms with Gasteiger partial charge in [0.05, 0.1) is 0 Å². The third kappa shape index (κ3) is 3.42. The van der Waals surface area contributed by atoms with Crippen LogP contribution in [0.15, 0.2) is 0 Å². The van der Waals surface area contributed by atoms with E-state index in [2.05, 4.69) is 15.5 Å². The summed E-state index contributed by atoms with van der Waals surface area (Å²) >= 11 is 1.55. The quantitative estimate of drug-likeness (QED) is 0.822. The molecule has 90 valence electrons. The van der Waals surface area contributed by atoms with Crippen LogP contribution in [0, 0.1) is 0 Å². The van der Waals surface area contributed by atoms with Gasteiger partial charge in [-0.25, -0.2) is 0 Å². The summed E-state index contributed by atoms with van der Waals surface area (Å²) in [7, 11) is 1.91. The summed E-state index contributed by atoms with van der Waals surface area (Å²) in [4.78, 5) is 0. The lowest BCUT2D eigenvalue weighted by atomic mass is 10.2. The van der Waals surface area contributed by atoms with E-state index in [0.29, 0.717) is 6.10 Å². The van der Waals surface area contributed by atoms with Crippen LogP contribution in [0.1, 0.15) is 43.5 Å². The first-order valence-corrected chi connectivity index (χ1v) is 6.84. The lowest BCUT2D eigenvalue weighted by Gasteiger charge is -2.13.